The van der Waals surface area contributed by atoms with Crippen LogP contribution >= 0.6 is 0 Å². The Balaban J connectivity index is 1.73. The third kappa shape index (κ3) is 5.13. The lowest BCUT2D eigenvalue weighted by Crippen LogP contribution is -2.56. The maximum atomic E-state index is 13.1. The number of rotatable bonds is 6. The van der Waals surface area contributed by atoms with Crippen LogP contribution in [0.2, 0.25) is 0 Å². The Kier molecular flexibility index (Phi) is 6.97. The fourth-order valence-corrected chi connectivity index (χ4v) is 6.36. The van der Waals surface area contributed by atoms with E-state index in [9.17, 15) is 21.6 Å². The summed E-state index contributed by atoms with van der Waals surface area (Å²) in [5, 5.41) is 0. The minimum atomic E-state index is -3.71. The number of carbonyl (C=O) groups is 1. The van der Waals surface area contributed by atoms with Crippen molar-refractivity contribution in [2.75, 3.05) is 36.7 Å². The highest BCUT2D eigenvalue weighted by molar-refractivity contribution is 7.92. The minimum Gasteiger partial charge on any atom is -0.338 e. The molecule has 1 atom stereocenters. The summed E-state index contributed by atoms with van der Waals surface area (Å²) in [6.45, 7) is 6.03. The zero-order chi connectivity index (χ0) is 23.7. The number of hydrogen-bond acceptors (Lipinski definition) is 5. The van der Waals surface area contributed by atoms with Gasteiger partial charge in [-0.2, -0.15) is 4.31 Å². The summed E-state index contributed by atoms with van der Waals surface area (Å²) in [5.74, 6) is -0.358. The summed E-state index contributed by atoms with van der Waals surface area (Å²) in [7, 11) is -7.35. The van der Waals surface area contributed by atoms with Gasteiger partial charge < -0.3 is 4.90 Å². The Morgan fingerprint density at radius 2 is 1.31 bits per heavy atom. The molecule has 0 unspecified atom stereocenters. The van der Waals surface area contributed by atoms with E-state index in [-0.39, 0.29) is 37.0 Å². The molecule has 1 saturated heterocycles. The first kappa shape index (κ1) is 24.2. The Bertz CT molecular complexity index is 1170. The third-order valence-electron chi connectivity index (χ3n) is 5.56. The van der Waals surface area contributed by atoms with E-state index in [0.717, 1.165) is 21.7 Å². The molecule has 2 aromatic rings. The standard InChI is InChI=1S/C22H29N3O5S2/c1-17-5-9-20(10-6-17)25(31(4,27)28)19(3)22(26)23-13-15-24(16-14-23)32(29,30)21-11-7-18(2)8-12-21/h5-12,19H,13-16H2,1-4H3/t19-/m0/s1. The van der Waals surface area contributed by atoms with E-state index in [1.807, 2.05) is 13.8 Å². The minimum absolute atomic E-state index is 0.151. The van der Waals surface area contributed by atoms with Gasteiger partial charge in [0.2, 0.25) is 26.0 Å². The predicted molar refractivity (Wildman–Crippen MR) is 124 cm³/mol. The molecule has 1 aliphatic rings. The van der Waals surface area contributed by atoms with E-state index in [2.05, 4.69) is 0 Å². The summed E-state index contributed by atoms with van der Waals surface area (Å²) in [5.41, 5.74) is 2.36. The largest absolute Gasteiger partial charge is 0.338 e. The van der Waals surface area contributed by atoms with Gasteiger partial charge >= 0.3 is 0 Å². The Morgan fingerprint density at radius 3 is 1.78 bits per heavy atom. The summed E-state index contributed by atoms with van der Waals surface area (Å²) >= 11 is 0. The molecule has 0 spiro atoms. The highest BCUT2D eigenvalue weighted by atomic mass is 32.2. The van der Waals surface area contributed by atoms with Gasteiger partial charge in [-0.05, 0) is 45.0 Å². The molecule has 1 aliphatic heterocycles. The molecule has 1 fully saturated rings. The third-order valence-corrected chi connectivity index (χ3v) is 8.72. The predicted octanol–water partition coefficient (Wildman–Crippen LogP) is 1.99. The zero-order valence-electron chi connectivity index (χ0n) is 18.7. The van der Waals surface area contributed by atoms with E-state index in [4.69, 9.17) is 0 Å². The topological polar surface area (TPSA) is 95.1 Å². The molecular formula is C22H29N3O5S2. The van der Waals surface area contributed by atoms with Gasteiger partial charge in [0.15, 0.2) is 0 Å². The smallest absolute Gasteiger partial charge is 0.246 e. The first-order valence-corrected chi connectivity index (χ1v) is 13.6. The van der Waals surface area contributed by atoms with Gasteiger partial charge in [0, 0.05) is 26.2 Å². The van der Waals surface area contributed by atoms with Crippen LogP contribution in [0.25, 0.3) is 0 Å². The molecule has 32 heavy (non-hydrogen) atoms. The molecule has 1 heterocycles. The van der Waals surface area contributed by atoms with Crippen LogP contribution in [0.1, 0.15) is 18.1 Å². The molecule has 0 aromatic heterocycles. The molecule has 3 rings (SSSR count). The maximum Gasteiger partial charge on any atom is 0.246 e. The lowest BCUT2D eigenvalue weighted by molar-refractivity contribution is -0.133. The molecule has 174 valence electrons. The van der Waals surface area contributed by atoms with E-state index < -0.39 is 26.1 Å². The Labute approximate surface area is 190 Å². The highest BCUT2D eigenvalue weighted by Gasteiger charge is 2.35. The number of piperazine rings is 1. The van der Waals surface area contributed by atoms with E-state index in [1.54, 1.807) is 55.5 Å². The fourth-order valence-electron chi connectivity index (χ4n) is 3.77. The number of nitrogens with zero attached hydrogens (tertiary/aromatic N) is 3. The molecule has 0 bridgehead atoms. The normalized spacial score (nSPS) is 16.6. The van der Waals surface area contributed by atoms with Crippen molar-refractivity contribution in [1.29, 1.82) is 0 Å². The van der Waals surface area contributed by atoms with E-state index in [0.29, 0.717) is 5.69 Å². The van der Waals surface area contributed by atoms with Crippen LogP contribution in [0.4, 0.5) is 5.69 Å². The van der Waals surface area contributed by atoms with E-state index in [1.165, 1.54) is 9.21 Å². The molecule has 0 N–H and O–H groups in total. The first-order valence-electron chi connectivity index (χ1n) is 10.3. The van der Waals surface area contributed by atoms with Crippen molar-refractivity contribution in [1.82, 2.24) is 9.21 Å². The van der Waals surface area contributed by atoms with Gasteiger partial charge in [0.1, 0.15) is 6.04 Å². The molecule has 10 heteroatoms. The Morgan fingerprint density at radius 1 is 0.844 bits per heavy atom. The first-order chi connectivity index (χ1) is 14.9. The lowest BCUT2D eigenvalue weighted by Gasteiger charge is -2.37. The number of hydrogen-bond donors (Lipinski definition) is 0. The van der Waals surface area contributed by atoms with Crippen LogP contribution in [0.15, 0.2) is 53.4 Å². The van der Waals surface area contributed by atoms with Crippen molar-refractivity contribution in [3.63, 3.8) is 0 Å². The monoisotopic (exact) mass is 479 g/mol. The second-order valence-electron chi connectivity index (χ2n) is 8.11. The van der Waals surface area contributed by atoms with Crippen LogP contribution in [-0.4, -0.2) is 70.4 Å². The van der Waals surface area contributed by atoms with Gasteiger partial charge in [0.05, 0.1) is 16.8 Å². The van der Waals surface area contributed by atoms with E-state index >= 15 is 0 Å². The van der Waals surface area contributed by atoms with Crippen LogP contribution in [0, 0.1) is 13.8 Å². The average molecular weight is 480 g/mol. The second-order valence-corrected chi connectivity index (χ2v) is 11.9. The van der Waals surface area contributed by atoms with Crippen molar-refractivity contribution in [2.24, 2.45) is 0 Å². The average Bonchev–Trinajstić information content (AvgIpc) is 2.74. The van der Waals surface area contributed by atoms with Crippen LogP contribution in [0.5, 0.6) is 0 Å². The van der Waals surface area contributed by atoms with Gasteiger partial charge in [-0.25, -0.2) is 16.8 Å². The zero-order valence-corrected chi connectivity index (χ0v) is 20.4. The maximum absolute atomic E-state index is 13.1. The molecule has 0 radical (unpaired) electrons. The Hall–Kier alpha value is -2.43. The van der Waals surface area contributed by atoms with Gasteiger partial charge in [-0.15, -0.1) is 0 Å². The number of sulfonamides is 2. The lowest BCUT2D eigenvalue weighted by atomic mass is 10.2. The quantitative estimate of drug-likeness (QED) is 0.632. The summed E-state index contributed by atoms with van der Waals surface area (Å²) < 4.78 is 53.2. The molecule has 8 nitrogen and oxygen atoms in total. The fraction of sp³-hybridized carbons (Fsp3) is 0.409. The van der Waals surface area contributed by atoms with Crippen LogP contribution in [0.3, 0.4) is 0 Å². The number of amides is 1. The molecule has 0 aliphatic carbocycles. The van der Waals surface area contributed by atoms with Crippen LogP contribution < -0.4 is 4.31 Å². The second kappa shape index (κ2) is 9.21. The van der Waals surface area contributed by atoms with Gasteiger partial charge in [-0.3, -0.25) is 9.10 Å². The number of anilines is 1. The van der Waals surface area contributed by atoms with Crippen molar-refractivity contribution < 1.29 is 21.6 Å². The van der Waals surface area contributed by atoms with Crippen molar-refractivity contribution in [3.8, 4) is 0 Å². The SMILES string of the molecule is Cc1ccc(N([C@@H](C)C(=O)N2CCN(S(=O)(=O)c3ccc(C)cc3)CC2)S(C)(=O)=O)cc1. The number of aryl methyl sites for hydroxylation is 2. The molecule has 0 saturated carbocycles. The van der Waals surface area contributed by atoms with Crippen molar-refractivity contribution in [2.45, 2.75) is 31.7 Å². The summed E-state index contributed by atoms with van der Waals surface area (Å²) in [4.78, 5) is 14.9. The summed E-state index contributed by atoms with van der Waals surface area (Å²) in [6.07, 6.45) is 1.07. The molecule has 1 amide bonds. The van der Waals surface area contributed by atoms with Gasteiger partial charge in [-0.1, -0.05) is 35.4 Å². The van der Waals surface area contributed by atoms with Crippen LogP contribution in [-0.2, 0) is 24.8 Å². The van der Waals surface area contributed by atoms with Gasteiger partial charge in [0.25, 0.3) is 0 Å². The summed E-state index contributed by atoms with van der Waals surface area (Å²) in [6, 6.07) is 12.6. The van der Waals surface area contributed by atoms with Crippen molar-refractivity contribution >= 4 is 31.6 Å². The number of carbonyl (C=O) groups excluding carboxylic acids is 1. The molecular weight excluding hydrogens is 450 g/mol. The highest BCUT2D eigenvalue weighted by Crippen LogP contribution is 2.23. The van der Waals surface area contributed by atoms with Crippen molar-refractivity contribution in [3.05, 3.63) is 59.7 Å². The number of benzene rings is 2. The molecule has 2 aromatic carbocycles.